The van der Waals surface area contributed by atoms with Crippen LogP contribution in [0.5, 0.6) is 0 Å². The van der Waals surface area contributed by atoms with Gasteiger partial charge in [0.1, 0.15) is 12.8 Å². The van der Waals surface area contributed by atoms with Gasteiger partial charge in [0.15, 0.2) is 0 Å². The highest BCUT2D eigenvalue weighted by molar-refractivity contribution is 7.97. The number of carbonyl (C=O) groups is 3. The molecular formula is C11H19N3O7S. The van der Waals surface area contributed by atoms with Gasteiger partial charge in [-0.05, 0) is 12.8 Å². The van der Waals surface area contributed by atoms with Crippen LogP contribution in [0.3, 0.4) is 0 Å². The first-order valence-corrected chi connectivity index (χ1v) is 7.33. The van der Waals surface area contributed by atoms with Crippen LogP contribution >= 0.6 is 11.9 Å². The molecule has 11 heteroatoms. The lowest BCUT2D eigenvalue weighted by molar-refractivity contribution is -0.141. The highest BCUT2D eigenvalue weighted by atomic mass is 32.2. The fraction of sp³-hybridized carbons (Fsp3) is 0.727. The molecule has 3 atom stereocenters. The van der Waals surface area contributed by atoms with Crippen molar-refractivity contribution in [3.05, 3.63) is 4.91 Å². The summed E-state index contributed by atoms with van der Waals surface area (Å²) in [5, 5.41) is 31.6. The third-order valence-corrected chi connectivity index (χ3v) is 3.30. The van der Waals surface area contributed by atoms with E-state index in [-0.39, 0.29) is 18.6 Å². The normalized spacial score (nSPS) is 14.6. The fourth-order valence-electron chi connectivity index (χ4n) is 1.44. The molecule has 0 fully saturated rings. The number of nitroso groups, excluding NO2 is 1. The van der Waals surface area contributed by atoms with E-state index in [0.717, 1.165) is 0 Å². The van der Waals surface area contributed by atoms with E-state index in [0.29, 0.717) is 11.9 Å². The van der Waals surface area contributed by atoms with Crippen molar-refractivity contribution in [2.75, 3.05) is 12.3 Å². The van der Waals surface area contributed by atoms with Crippen molar-refractivity contribution in [1.82, 2.24) is 10.6 Å². The van der Waals surface area contributed by atoms with Crippen molar-refractivity contribution in [3.8, 4) is 0 Å². The van der Waals surface area contributed by atoms with E-state index in [2.05, 4.69) is 15.2 Å². The summed E-state index contributed by atoms with van der Waals surface area (Å²) < 4.78 is 2.53. The SMILES string of the molecule is C[C@@H](CCC(O)N[C@@H](CSN=O)C(=O)NCC(=O)O)C(=O)O. The summed E-state index contributed by atoms with van der Waals surface area (Å²) >= 11 is 0.544. The average Bonchev–Trinajstić information content (AvgIpc) is 2.46. The molecule has 0 aromatic carbocycles. The molecule has 1 amide bonds. The van der Waals surface area contributed by atoms with Gasteiger partial charge in [-0.1, -0.05) is 6.92 Å². The zero-order valence-electron chi connectivity index (χ0n) is 11.9. The summed E-state index contributed by atoms with van der Waals surface area (Å²) in [7, 11) is 0. The largest absolute Gasteiger partial charge is 0.481 e. The molecule has 0 saturated heterocycles. The monoisotopic (exact) mass is 337 g/mol. The first kappa shape index (κ1) is 20.3. The van der Waals surface area contributed by atoms with E-state index in [1.807, 2.05) is 0 Å². The second-order valence-corrected chi connectivity index (χ2v) is 5.27. The lowest BCUT2D eigenvalue weighted by Gasteiger charge is -2.21. The van der Waals surface area contributed by atoms with E-state index < -0.39 is 42.6 Å². The topological polar surface area (TPSA) is 165 Å². The predicted molar refractivity (Wildman–Crippen MR) is 77.9 cm³/mol. The lowest BCUT2D eigenvalue weighted by atomic mass is 10.1. The van der Waals surface area contributed by atoms with E-state index in [1.54, 1.807) is 0 Å². The number of rotatable bonds is 12. The third kappa shape index (κ3) is 9.26. The van der Waals surface area contributed by atoms with Crippen LogP contribution in [0.1, 0.15) is 19.8 Å². The highest BCUT2D eigenvalue weighted by Crippen LogP contribution is 2.09. The molecule has 10 nitrogen and oxygen atoms in total. The summed E-state index contributed by atoms with van der Waals surface area (Å²) in [4.78, 5) is 42.9. The van der Waals surface area contributed by atoms with Crippen LogP contribution in [0, 0.1) is 10.8 Å². The standard InChI is InChI=1S/C11H19N3O7S/c1-6(11(19)20)2-3-8(15)13-7(5-22-14-21)10(18)12-4-9(16)17/h6-8,13,15H,2-5H2,1H3,(H,12,18)(H,16,17)(H,19,20)/t6-,7-,8?/m0/s1. The molecule has 0 aromatic heterocycles. The first-order chi connectivity index (χ1) is 10.3. The van der Waals surface area contributed by atoms with Crippen molar-refractivity contribution < 1.29 is 29.7 Å². The summed E-state index contributed by atoms with van der Waals surface area (Å²) in [6, 6.07) is -1.03. The van der Waals surface area contributed by atoms with Gasteiger partial charge in [0.05, 0.1) is 12.0 Å². The van der Waals surface area contributed by atoms with Gasteiger partial charge >= 0.3 is 11.9 Å². The van der Waals surface area contributed by atoms with Gasteiger partial charge in [0, 0.05) is 22.3 Å². The second kappa shape index (κ2) is 10.9. The Balaban J connectivity index is 4.42. The van der Waals surface area contributed by atoms with Crippen LogP contribution in [-0.2, 0) is 14.4 Å². The molecule has 0 aromatic rings. The van der Waals surface area contributed by atoms with Crippen LogP contribution in [0.2, 0.25) is 0 Å². The molecule has 0 aliphatic carbocycles. The number of aliphatic hydroxyl groups is 1. The minimum atomic E-state index is -1.23. The molecule has 0 aliphatic heterocycles. The molecular weight excluding hydrogens is 318 g/mol. The Bertz CT molecular complexity index is 407. The summed E-state index contributed by atoms with van der Waals surface area (Å²) in [6.45, 7) is 0.889. The number of carboxylic acid groups (broad SMARTS) is 2. The van der Waals surface area contributed by atoms with Crippen LogP contribution < -0.4 is 10.6 Å². The summed E-state index contributed by atoms with van der Waals surface area (Å²) in [5.41, 5.74) is 0. The molecule has 126 valence electrons. The van der Waals surface area contributed by atoms with Gasteiger partial charge in [-0.25, -0.2) is 0 Å². The maximum Gasteiger partial charge on any atom is 0.322 e. The van der Waals surface area contributed by atoms with Crippen molar-refractivity contribution in [2.45, 2.75) is 32.0 Å². The maximum atomic E-state index is 11.7. The smallest absolute Gasteiger partial charge is 0.322 e. The molecule has 1 unspecified atom stereocenters. The Kier molecular flexibility index (Phi) is 10.1. The zero-order valence-corrected chi connectivity index (χ0v) is 12.7. The first-order valence-electron chi connectivity index (χ1n) is 6.39. The molecule has 0 heterocycles. The van der Waals surface area contributed by atoms with E-state index >= 15 is 0 Å². The van der Waals surface area contributed by atoms with E-state index in [1.165, 1.54) is 6.92 Å². The Morgan fingerprint density at radius 1 is 1.23 bits per heavy atom. The number of nitrogens with one attached hydrogen (secondary N) is 2. The number of carbonyl (C=O) groups excluding carboxylic acids is 1. The number of aliphatic hydroxyl groups excluding tert-OH is 1. The number of carboxylic acids is 2. The average molecular weight is 337 g/mol. The molecule has 0 radical (unpaired) electrons. The molecule has 0 aliphatic rings. The minimum absolute atomic E-state index is 0.0787. The number of hydrogen-bond donors (Lipinski definition) is 5. The maximum absolute atomic E-state index is 11.7. The van der Waals surface area contributed by atoms with Gasteiger partial charge in [-0.2, -0.15) is 0 Å². The number of nitrogens with zero attached hydrogens (tertiary/aromatic N) is 1. The lowest BCUT2D eigenvalue weighted by Crippen LogP contribution is -2.50. The van der Waals surface area contributed by atoms with Gasteiger partial charge in [-0.15, -0.1) is 4.91 Å². The minimum Gasteiger partial charge on any atom is -0.481 e. The second-order valence-electron chi connectivity index (χ2n) is 4.53. The number of aliphatic carboxylic acids is 2. The summed E-state index contributed by atoms with van der Waals surface area (Å²) in [5.74, 6) is -3.68. The van der Waals surface area contributed by atoms with Crippen molar-refractivity contribution >= 4 is 29.8 Å². The molecule has 0 rings (SSSR count). The Hall–Kier alpha value is -1.72. The highest BCUT2D eigenvalue weighted by Gasteiger charge is 2.23. The quantitative estimate of drug-likeness (QED) is 0.177. The van der Waals surface area contributed by atoms with E-state index in [9.17, 15) is 24.4 Å². The Labute approximate surface area is 130 Å². The molecule has 22 heavy (non-hydrogen) atoms. The van der Waals surface area contributed by atoms with Crippen LogP contribution in [-0.4, -0.2) is 57.7 Å². The van der Waals surface area contributed by atoms with Gasteiger partial charge < -0.3 is 20.6 Å². The zero-order chi connectivity index (χ0) is 17.1. The molecule has 5 N–H and O–H groups in total. The summed E-state index contributed by atoms with van der Waals surface area (Å²) in [6.07, 6.45) is -0.906. The van der Waals surface area contributed by atoms with Gasteiger partial charge in [-0.3, -0.25) is 19.7 Å². The van der Waals surface area contributed by atoms with Crippen LogP contribution in [0.4, 0.5) is 0 Å². The van der Waals surface area contributed by atoms with Crippen LogP contribution in [0.25, 0.3) is 0 Å². The third-order valence-electron chi connectivity index (χ3n) is 2.71. The van der Waals surface area contributed by atoms with Gasteiger partial charge in [0.25, 0.3) is 0 Å². The number of amides is 1. The fourth-order valence-corrected chi connectivity index (χ4v) is 1.89. The van der Waals surface area contributed by atoms with Crippen LogP contribution in [0.15, 0.2) is 4.58 Å². The van der Waals surface area contributed by atoms with E-state index in [4.69, 9.17) is 10.2 Å². The molecule has 0 spiro atoms. The number of hydrogen-bond acceptors (Lipinski definition) is 8. The van der Waals surface area contributed by atoms with Crippen molar-refractivity contribution in [2.24, 2.45) is 10.5 Å². The Morgan fingerprint density at radius 3 is 2.36 bits per heavy atom. The molecule has 0 saturated carbocycles. The van der Waals surface area contributed by atoms with Crippen molar-refractivity contribution in [1.29, 1.82) is 0 Å². The predicted octanol–water partition coefficient (Wildman–Crippen LogP) is -0.621. The molecule has 0 bridgehead atoms. The van der Waals surface area contributed by atoms with Crippen molar-refractivity contribution in [3.63, 3.8) is 0 Å². The Morgan fingerprint density at radius 2 is 1.86 bits per heavy atom. The van der Waals surface area contributed by atoms with Gasteiger partial charge in [0.2, 0.25) is 5.91 Å².